The fourth-order valence-corrected chi connectivity index (χ4v) is 3.10. The van der Waals surface area contributed by atoms with Crippen LogP contribution in [0.25, 0.3) is 10.1 Å². The summed E-state index contributed by atoms with van der Waals surface area (Å²) in [6.07, 6.45) is 0. The number of rotatable bonds is 5. The van der Waals surface area contributed by atoms with Gasteiger partial charge in [0, 0.05) is 17.2 Å². The Balaban J connectivity index is 2.53. The van der Waals surface area contributed by atoms with Crippen LogP contribution < -0.4 is 4.74 Å². The number of thiophene rings is 1. The molecule has 0 saturated carbocycles. The maximum atomic E-state index is 11.9. The van der Waals surface area contributed by atoms with E-state index < -0.39 is 0 Å². The molecule has 0 amide bonds. The molecule has 102 valence electrons. The molecule has 19 heavy (non-hydrogen) atoms. The average Bonchev–Trinajstić information content (AvgIpc) is 2.85. The van der Waals surface area contributed by atoms with E-state index in [0.29, 0.717) is 22.4 Å². The molecule has 0 bridgehead atoms. The second-order valence-corrected chi connectivity index (χ2v) is 5.41. The molecule has 0 N–H and O–H groups in total. The summed E-state index contributed by atoms with van der Waals surface area (Å²) < 4.78 is 17.1. The third-order valence-corrected chi connectivity index (χ3v) is 4.12. The minimum Gasteiger partial charge on any atom is -0.466 e. The van der Waals surface area contributed by atoms with Gasteiger partial charge in [0.2, 0.25) is 0 Å². The van der Waals surface area contributed by atoms with E-state index in [-0.39, 0.29) is 12.8 Å². The van der Waals surface area contributed by atoms with E-state index >= 15 is 0 Å². The van der Waals surface area contributed by atoms with E-state index in [4.69, 9.17) is 14.2 Å². The summed E-state index contributed by atoms with van der Waals surface area (Å²) in [7, 11) is 1.55. The molecular formula is C13H13BrO4S. The maximum Gasteiger partial charge on any atom is 0.339 e. The lowest BCUT2D eigenvalue weighted by atomic mass is 10.1. The van der Waals surface area contributed by atoms with E-state index in [0.717, 1.165) is 10.1 Å². The molecule has 2 rings (SSSR count). The van der Waals surface area contributed by atoms with Crippen molar-refractivity contribution in [3.63, 3.8) is 0 Å². The number of halogens is 1. The smallest absolute Gasteiger partial charge is 0.339 e. The zero-order valence-electron chi connectivity index (χ0n) is 10.6. The van der Waals surface area contributed by atoms with E-state index in [9.17, 15) is 4.79 Å². The largest absolute Gasteiger partial charge is 0.466 e. The Hall–Kier alpha value is -1.11. The molecule has 0 aliphatic heterocycles. The minimum atomic E-state index is -0.369. The number of esters is 1. The van der Waals surface area contributed by atoms with Crippen molar-refractivity contribution < 1.29 is 19.0 Å². The highest BCUT2D eigenvalue weighted by Crippen LogP contribution is 2.39. The zero-order chi connectivity index (χ0) is 13.8. The number of hydrogen-bond acceptors (Lipinski definition) is 5. The van der Waals surface area contributed by atoms with Crippen LogP contribution in [-0.2, 0) is 9.47 Å². The molecule has 0 atom stereocenters. The van der Waals surface area contributed by atoms with Gasteiger partial charge in [-0.2, -0.15) is 0 Å². The van der Waals surface area contributed by atoms with E-state index in [1.165, 1.54) is 0 Å². The number of ether oxygens (including phenoxy) is 3. The Bertz CT molecular complexity index is 594. The van der Waals surface area contributed by atoms with Gasteiger partial charge in [-0.3, -0.25) is 0 Å². The summed E-state index contributed by atoms with van der Waals surface area (Å²) in [5.74, 6) is 0.232. The third kappa shape index (κ3) is 2.91. The van der Waals surface area contributed by atoms with Crippen molar-refractivity contribution in [3.05, 3.63) is 27.5 Å². The molecule has 1 heterocycles. The first-order chi connectivity index (χ1) is 9.19. The number of benzene rings is 1. The molecule has 2 aromatic rings. The zero-order valence-corrected chi connectivity index (χ0v) is 13.0. The van der Waals surface area contributed by atoms with Crippen LogP contribution >= 0.6 is 27.3 Å². The number of carbonyl (C=O) groups is 1. The Kier molecular flexibility index (Phi) is 4.79. The second-order valence-electron chi connectivity index (χ2n) is 3.67. The maximum absolute atomic E-state index is 11.9. The molecule has 0 aliphatic rings. The molecule has 0 saturated heterocycles. The summed E-state index contributed by atoms with van der Waals surface area (Å²) in [6.45, 7) is 2.23. The predicted octanol–water partition coefficient (Wildman–Crippen LogP) is 3.82. The Morgan fingerprint density at radius 1 is 1.47 bits per heavy atom. The highest BCUT2D eigenvalue weighted by molar-refractivity contribution is 9.10. The summed E-state index contributed by atoms with van der Waals surface area (Å²) in [5.41, 5.74) is 0.461. The topological polar surface area (TPSA) is 44.8 Å². The van der Waals surface area contributed by atoms with Crippen LogP contribution in [0.5, 0.6) is 5.75 Å². The standard InChI is InChI=1S/C13H13BrO4S/c1-3-17-13(15)9-6-10-8(4-5-19-10)12(11(9)14)18-7-16-2/h4-6H,3,7H2,1-2H3. The number of fused-ring (bicyclic) bond motifs is 1. The first-order valence-electron chi connectivity index (χ1n) is 5.67. The van der Waals surface area contributed by atoms with E-state index in [1.807, 2.05) is 17.5 Å². The average molecular weight is 345 g/mol. The number of hydrogen-bond donors (Lipinski definition) is 0. The van der Waals surface area contributed by atoms with Gasteiger partial charge >= 0.3 is 5.97 Å². The van der Waals surface area contributed by atoms with Crippen molar-refractivity contribution in [1.29, 1.82) is 0 Å². The first kappa shape index (κ1) is 14.3. The lowest BCUT2D eigenvalue weighted by molar-refractivity contribution is 0.0492. The number of methoxy groups -OCH3 is 1. The molecular weight excluding hydrogens is 332 g/mol. The molecule has 0 aliphatic carbocycles. The summed E-state index contributed by atoms with van der Waals surface area (Å²) in [4.78, 5) is 11.9. The van der Waals surface area contributed by atoms with E-state index in [2.05, 4.69) is 15.9 Å². The van der Waals surface area contributed by atoms with Gasteiger partial charge < -0.3 is 14.2 Å². The van der Waals surface area contributed by atoms with Crippen LogP contribution in [0.15, 0.2) is 22.0 Å². The van der Waals surface area contributed by atoms with Crippen molar-refractivity contribution in [1.82, 2.24) is 0 Å². The molecule has 0 spiro atoms. The van der Waals surface area contributed by atoms with Crippen molar-refractivity contribution in [2.24, 2.45) is 0 Å². The van der Waals surface area contributed by atoms with Crippen LogP contribution in [0.1, 0.15) is 17.3 Å². The van der Waals surface area contributed by atoms with Crippen LogP contribution in [0.3, 0.4) is 0 Å². The monoisotopic (exact) mass is 344 g/mol. The van der Waals surface area contributed by atoms with Gasteiger partial charge in [0.25, 0.3) is 0 Å². The third-order valence-electron chi connectivity index (χ3n) is 2.47. The van der Waals surface area contributed by atoms with Crippen molar-refractivity contribution >= 4 is 43.3 Å². The van der Waals surface area contributed by atoms with Gasteiger partial charge in [0.1, 0.15) is 5.75 Å². The van der Waals surface area contributed by atoms with Crippen molar-refractivity contribution in [3.8, 4) is 5.75 Å². The highest BCUT2D eigenvalue weighted by atomic mass is 79.9. The quantitative estimate of drug-likeness (QED) is 0.610. The summed E-state index contributed by atoms with van der Waals surface area (Å²) >= 11 is 4.95. The Morgan fingerprint density at radius 3 is 2.95 bits per heavy atom. The Labute approximate surface area is 123 Å². The Morgan fingerprint density at radius 2 is 2.26 bits per heavy atom. The molecule has 0 radical (unpaired) electrons. The van der Waals surface area contributed by atoms with Crippen LogP contribution in [0, 0.1) is 0 Å². The van der Waals surface area contributed by atoms with Gasteiger partial charge in [-0.15, -0.1) is 11.3 Å². The fraction of sp³-hybridized carbons (Fsp3) is 0.308. The molecule has 0 unspecified atom stereocenters. The van der Waals surface area contributed by atoms with Crippen LogP contribution in [-0.4, -0.2) is 26.5 Å². The fourth-order valence-electron chi connectivity index (χ4n) is 1.67. The highest BCUT2D eigenvalue weighted by Gasteiger charge is 2.19. The summed E-state index contributed by atoms with van der Waals surface area (Å²) in [5, 5.41) is 2.90. The van der Waals surface area contributed by atoms with E-state index in [1.54, 1.807) is 25.4 Å². The molecule has 1 aromatic carbocycles. The molecule has 0 fully saturated rings. The van der Waals surface area contributed by atoms with Crippen molar-refractivity contribution in [2.75, 3.05) is 20.5 Å². The van der Waals surface area contributed by atoms with Gasteiger partial charge in [0.15, 0.2) is 6.79 Å². The normalized spacial score (nSPS) is 10.7. The predicted molar refractivity (Wildman–Crippen MR) is 78.0 cm³/mol. The van der Waals surface area contributed by atoms with Gasteiger partial charge in [-0.25, -0.2) is 4.79 Å². The minimum absolute atomic E-state index is 0.121. The molecule has 4 nitrogen and oxygen atoms in total. The lowest BCUT2D eigenvalue weighted by Gasteiger charge is -2.12. The first-order valence-corrected chi connectivity index (χ1v) is 7.34. The molecule has 1 aromatic heterocycles. The van der Waals surface area contributed by atoms with Gasteiger partial charge in [-0.1, -0.05) is 0 Å². The van der Waals surface area contributed by atoms with Crippen LogP contribution in [0.4, 0.5) is 0 Å². The van der Waals surface area contributed by atoms with Gasteiger partial charge in [0.05, 0.1) is 16.6 Å². The second kappa shape index (κ2) is 6.36. The van der Waals surface area contributed by atoms with Crippen molar-refractivity contribution in [2.45, 2.75) is 6.92 Å². The summed E-state index contributed by atoms with van der Waals surface area (Å²) in [6, 6.07) is 3.76. The van der Waals surface area contributed by atoms with Gasteiger partial charge in [-0.05, 0) is 40.4 Å². The number of carbonyl (C=O) groups excluding carboxylic acids is 1. The van der Waals surface area contributed by atoms with Crippen LogP contribution in [0.2, 0.25) is 0 Å². The SMILES string of the molecule is CCOC(=O)c1cc2sccc2c(OCOC)c1Br. The molecule has 6 heteroatoms. The lowest BCUT2D eigenvalue weighted by Crippen LogP contribution is -2.07.